The molecule has 2 aromatic carbocycles. The quantitative estimate of drug-likeness (QED) is 0.563. The third-order valence-corrected chi connectivity index (χ3v) is 7.53. The Hall–Kier alpha value is -3.12. The van der Waals surface area contributed by atoms with Crippen LogP contribution in [0.4, 0.5) is 11.4 Å². The zero-order chi connectivity index (χ0) is 21.8. The van der Waals surface area contributed by atoms with E-state index in [9.17, 15) is 13.2 Å². The Labute approximate surface area is 186 Å². The summed E-state index contributed by atoms with van der Waals surface area (Å²) in [6.07, 6.45) is 6.14. The molecule has 1 aliphatic rings. The Morgan fingerprint density at radius 3 is 2.55 bits per heavy atom. The summed E-state index contributed by atoms with van der Waals surface area (Å²) in [5, 5.41) is 4.99. The summed E-state index contributed by atoms with van der Waals surface area (Å²) in [6.45, 7) is 1.78. The fraction of sp³-hybridized carbons (Fsp3) is 0.174. The molecule has 1 amide bonds. The summed E-state index contributed by atoms with van der Waals surface area (Å²) in [5.41, 5.74) is 3.54. The van der Waals surface area contributed by atoms with Crippen LogP contribution in [-0.4, -0.2) is 27.4 Å². The topological polar surface area (TPSA) is 78.5 Å². The average Bonchev–Trinajstić information content (AvgIpc) is 3.26. The van der Waals surface area contributed by atoms with E-state index in [1.54, 1.807) is 0 Å². The molecule has 0 unspecified atom stereocenters. The lowest BCUT2D eigenvalue weighted by molar-refractivity contribution is 0.102. The van der Waals surface area contributed by atoms with Gasteiger partial charge in [0.2, 0.25) is 10.0 Å². The standard InChI is InChI=1S/C23H21N3O3S2/c1-2-13-24-31(28,29)21-9-3-17(4-10-21)23(27)25-19-5-7-20(8-6-19)26-14-11-22-18(16-26)12-15-30-22/h1,3-10,12,15,24H,11,13-14,16H2,(H,25,27). The number of hydrogen-bond acceptors (Lipinski definition) is 5. The molecular formula is C23H21N3O3S2. The summed E-state index contributed by atoms with van der Waals surface area (Å²) < 4.78 is 26.4. The summed E-state index contributed by atoms with van der Waals surface area (Å²) in [7, 11) is -3.68. The molecule has 0 radical (unpaired) electrons. The molecule has 1 aliphatic heterocycles. The lowest BCUT2D eigenvalue weighted by Crippen LogP contribution is -2.29. The Morgan fingerprint density at radius 2 is 1.84 bits per heavy atom. The van der Waals surface area contributed by atoms with Crippen LogP contribution < -0.4 is 14.9 Å². The molecule has 0 aliphatic carbocycles. The van der Waals surface area contributed by atoms with Crippen molar-refractivity contribution in [3.05, 3.63) is 76.0 Å². The number of amides is 1. The minimum absolute atomic E-state index is 0.0546. The number of fused-ring (bicyclic) bond motifs is 1. The zero-order valence-electron chi connectivity index (χ0n) is 16.7. The van der Waals surface area contributed by atoms with E-state index in [1.807, 2.05) is 35.6 Å². The van der Waals surface area contributed by atoms with Gasteiger partial charge in [0.05, 0.1) is 11.4 Å². The van der Waals surface area contributed by atoms with Crippen LogP contribution in [0.15, 0.2) is 64.9 Å². The first-order valence-electron chi connectivity index (χ1n) is 9.71. The van der Waals surface area contributed by atoms with Gasteiger partial charge in [-0.25, -0.2) is 8.42 Å². The zero-order valence-corrected chi connectivity index (χ0v) is 18.3. The van der Waals surface area contributed by atoms with Gasteiger partial charge in [0.1, 0.15) is 0 Å². The summed E-state index contributed by atoms with van der Waals surface area (Å²) in [4.78, 5) is 16.4. The number of carbonyl (C=O) groups excluding carboxylic acids is 1. The van der Waals surface area contributed by atoms with E-state index < -0.39 is 10.0 Å². The second-order valence-electron chi connectivity index (χ2n) is 7.09. The van der Waals surface area contributed by atoms with Gasteiger partial charge in [0, 0.05) is 34.9 Å². The Bertz CT molecular complexity index is 1220. The predicted octanol–water partition coefficient (Wildman–Crippen LogP) is 3.47. The van der Waals surface area contributed by atoms with Crippen LogP contribution in [0.1, 0.15) is 20.8 Å². The van der Waals surface area contributed by atoms with Crippen molar-refractivity contribution in [2.24, 2.45) is 0 Å². The first-order chi connectivity index (χ1) is 15.0. The van der Waals surface area contributed by atoms with Crippen molar-refractivity contribution in [3.8, 4) is 12.3 Å². The van der Waals surface area contributed by atoms with Crippen LogP contribution in [0.25, 0.3) is 0 Å². The first kappa shape index (κ1) is 21.1. The smallest absolute Gasteiger partial charge is 0.255 e. The van der Waals surface area contributed by atoms with Gasteiger partial charge in [-0.1, -0.05) is 5.92 Å². The van der Waals surface area contributed by atoms with Gasteiger partial charge in [-0.2, -0.15) is 4.72 Å². The van der Waals surface area contributed by atoms with Crippen molar-refractivity contribution in [3.63, 3.8) is 0 Å². The number of nitrogens with zero attached hydrogens (tertiary/aromatic N) is 1. The monoisotopic (exact) mass is 451 g/mol. The average molecular weight is 452 g/mol. The summed E-state index contributed by atoms with van der Waals surface area (Å²) in [5.74, 6) is 1.91. The molecule has 31 heavy (non-hydrogen) atoms. The van der Waals surface area contributed by atoms with E-state index in [4.69, 9.17) is 6.42 Å². The highest BCUT2D eigenvalue weighted by atomic mass is 32.2. The van der Waals surface area contributed by atoms with E-state index >= 15 is 0 Å². The van der Waals surface area contributed by atoms with E-state index in [0.717, 1.165) is 25.2 Å². The normalized spacial score (nSPS) is 13.3. The van der Waals surface area contributed by atoms with E-state index in [0.29, 0.717) is 11.3 Å². The van der Waals surface area contributed by atoms with Gasteiger partial charge < -0.3 is 10.2 Å². The summed E-state index contributed by atoms with van der Waals surface area (Å²) in [6, 6.07) is 15.6. The molecule has 0 spiro atoms. The molecule has 0 saturated heterocycles. The van der Waals surface area contributed by atoms with Gasteiger partial charge >= 0.3 is 0 Å². The molecule has 2 N–H and O–H groups in total. The van der Waals surface area contributed by atoms with Gasteiger partial charge in [-0.15, -0.1) is 17.8 Å². The lowest BCUT2D eigenvalue weighted by atomic mass is 10.1. The second-order valence-corrected chi connectivity index (χ2v) is 9.86. The molecule has 0 bridgehead atoms. The lowest BCUT2D eigenvalue weighted by Gasteiger charge is -2.29. The number of benzene rings is 2. The van der Waals surface area contributed by atoms with Crippen LogP contribution in [0.3, 0.4) is 0 Å². The van der Waals surface area contributed by atoms with E-state index in [2.05, 4.69) is 32.3 Å². The second kappa shape index (κ2) is 8.94. The van der Waals surface area contributed by atoms with Crippen molar-refractivity contribution >= 4 is 38.6 Å². The number of carbonyl (C=O) groups is 1. The molecular weight excluding hydrogens is 430 g/mol. The maximum atomic E-state index is 12.5. The minimum Gasteiger partial charge on any atom is -0.367 e. The molecule has 6 nitrogen and oxygen atoms in total. The highest BCUT2D eigenvalue weighted by Gasteiger charge is 2.18. The number of terminal acetylenes is 1. The molecule has 0 atom stereocenters. The third-order valence-electron chi connectivity index (χ3n) is 5.09. The Morgan fingerprint density at radius 1 is 1.10 bits per heavy atom. The number of thiophene rings is 1. The third kappa shape index (κ3) is 4.80. The number of sulfonamides is 1. The number of hydrogen-bond donors (Lipinski definition) is 2. The van der Waals surface area contributed by atoms with E-state index in [1.165, 1.54) is 34.7 Å². The van der Waals surface area contributed by atoms with Crippen LogP contribution in [0, 0.1) is 12.3 Å². The SMILES string of the molecule is C#CCNS(=O)(=O)c1ccc(C(=O)Nc2ccc(N3CCc4sccc4C3)cc2)cc1. The highest BCUT2D eigenvalue weighted by Crippen LogP contribution is 2.28. The van der Waals surface area contributed by atoms with Crippen molar-refractivity contribution < 1.29 is 13.2 Å². The van der Waals surface area contributed by atoms with Gasteiger partial charge in [-0.3, -0.25) is 4.79 Å². The van der Waals surface area contributed by atoms with Crippen molar-refractivity contribution in [1.82, 2.24) is 4.72 Å². The largest absolute Gasteiger partial charge is 0.367 e. The van der Waals surface area contributed by atoms with Crippen molar-refractivity contribution in [2.75, 3.05) is 23.3 Å². The van der Waals surface area contributed by atoms with Gasteiger partial charge in [-0.05, 0) is 72.0 Å². The maximum absolute atomic E-state index is 12.5. The molecule has 2 heterocycles. The Kier molecular flexibility index (Phi) is 6.09. The molecule has 158 valence electrons. The first-order valence-corrected chi connectivity index (χ1v) is 12.1. The van der Waals surface area contributed by atoms with Crippen molar-refractivity contribution in [2.45, 2.75) is 17.9 Å². The van der Waals surface area contributed by atoms with Gasteiger partial charge in [0.25, 0.3) is 5.91 Å². The molecule has 0 fully saturated rings. The molecule has 1 aromatic heterocycles. The number of rotatable bonds is 6. The molecule has 3 aromatic rings. The van der Waals surface area contributed by atoms with Crippen molar-refractivity contribution in [1.29, 1.82) is 0 Å². The highest BCUT2D eigenvalue weighted by molar-refractivity contribution is 7.89. The molecule has 0 saturated carbocycles. The Balaban J connectivity index is 1.39. The summed E-state index contributed by atoms with van der Waals surface area (Å²) >= 11 is 1.82. The van der Waals surface area contributed by atoms with Crippen LogP contribution in [0.5, 0.6) is 0 Å². The molecule has 8 heteroatoms. The number of nitrogens with one attached hydrogen (secondary N) is 2. The van der Waals surface area contributed by atoms with E-state index in [-0.39, 0.29) is 17.3 Å². The predicted molar refractivity (Wildman–Crippen MR) is 124 cm³/mol. The van der Waals surface area contributed by atoms with Crippen LogP contribution >= 0.6 is 11.3 Å². The number of anilines is 2. The van der Waals surface area contributed by atoms with Gasteiger partial charge in [0.15, 0.2) is 0 Å². The van der Waals surface area contributed by atoms with Crippen LogP contribution in [0.2, 0.25) is 0 Å². The minimum atomic E-state index is -3.68. The van der Waals surface area contributed by atoms with Crippen LogP contribution in [-0.2, 0) is 23.0 Å². The fourth-order valence-electron chi connectivity index (χ4n) is 3.43. The molecule has 4 rings (SSSR count). The maximum Gasteiger partial charge on any atom is 0.255 e. The fourth-order valence-corrected chi connectivity index (χ4v) is 5.26.